The molecule has 1 heterocycles. The van der Waals surface area contributed by atoms with Crippen molar-refractivity contribution >= 4 is 27.4 Å². The molecular formula is C13H11BrN2O. The van der Waals surface area contributed by atoms with E-state index in [9.17, 15) is 4.79 Å². The van der Waals surface area contributed by atoms with Crippen molar-refractivity contribution in [1.29, 1.82) is 0 Å². The molecule has 0 fully saturated rings. The molecular weight excluding hydrogens is 280 g/mol. The Morgan fingerprint density at radius 2 is 2.00 bits per heavy atom. The van der Waals surface area contributed by atoms with Gasteiger partial charge in [-0.2, -0.15) is 0 Å². The predicted octanol–water partition coefficient (Wildman–Crippen LogP) is 2.85. The second kappa shape index (κ2) is 5.10. The van der Waals surface area contributed by atoms with E-state index >= 15 is 0 Å². The lowest BCUT2D eigenvalue weighted by Gasteiger charge is -2.05. The highest BCUT2D eigenvalue weighted by atomic mass is 79.9. The molecule has 17 heavy (non-hydrogen) atoms. The molecule has 0 saturated heterocycles. The summed E-state index contributed by atoms with van der Waals surface area (Å²) in [6, 6.07) is 11.0. The zero-order valence-electron chi connectivity index (χ0n) is 9.06. The van der Waals surface area contributed by atoms with Gasteiger partial charge in [0.1, 0.15) is 5.69 Å². The molecule has 0 amide bonds. The fourth-order valence-corrected chi connectivity index (χ4v) is 1.97. The smallest absolute Gasteiger partial charge is 0.187 e. The molecule has 0 atom stereocenters. The van der Waals surface area contributed by atoms with Crippen molar-refractivity contribution in [1.82, 2.24) is 4.98 Å². The molecule has 0 bridgehead atoms. The third-order valence-corrected chi connectivity index (χ3v) is 3.19. The number of nitrogens with zero attached hydrogens (tertiary/aromatic N) is 1. The molecule has 0 aliphatic heterocycles. The number of benzene rings is 1. The van der Waals surface area contributed by atoms with Crippen LogP contribution in [0.1, 0.15) is 16.1 Å². The van der Waals surface area contributed by atoms with E-state index in [0.717, 1.165) is 10.0 Å². The van der Waals surface area contributed by atoms with Gasteiger partial charge in [-0.15, -0.1) is 0 Å². The number of nitrogen functional groups attached to an aromatic ring is 1. The number of rotatable bonds is 3. The molecule has 0 radical (unpaired) electrons. The molecule has 1 aromatic heterocycles. The number of pyridine rings is 1. The Morgan fingerprint density at radius 1 is 1.24 bits per heavy atom. The van der Waals surface area contributed by atoms with Crippen LogP contribution in [-0.4, -0.2) is 10.8 Å². The van der Waals surface area contributed by atoms with E-state index in [1.807, 2.05) is 24.3 Å². The largest absolute Gasteiger partial charge is 0.397 e. The molecule has 2 rings (SSSR count). The van der Waals surface area contributed by atoms with Gasteiger partial charge in [0.05, 0.1) is 5.69 Å². The number of hydrogen-bond acceptors (Lipinski definition) is 3. The summed E-state index contributed by atoms with van der Waals surface area (Å²) in [7, 11) is 0. The first-order valence-electron chi connectivity index (χ1n) is 5.15. The Balaban J connectivity index is 2.24. The Hall–Kier alpha value is -1.68. The summed E-state index contributed by atoms with van der Waals surface area (Å²) in [5, 5.41) is 0. The average Bonchev–Trinajstić information content (AvgIpc) is 2.32. The van der Waals surface area contributed by atoms with Gasteiger partial charge in [-0.05, 0) is 23.8 Å². The number of nitrogens with two attached hydrogens (primary N) is 1. The highest BCUT2D eigenvalue weighted by Gasteiger charge is 2.12. The lowest BCUT2D eigenvalue weighted by molar-refractivity contribution is 0.0989. The van der Waals surface area contributed by atoms with Gasteiger partial charge in [-0.25, -0.2) is 0 Å². The molecule has 0 spiro atoms. The van der Waals surface area contributed by atoms with Gasteiger partial charge >= 0.3 is 0 Å². The second-order valence-corrected chi connectivity index (χ2v) is 4.49. The molecule has 0 aliphatic carbocycles. The molecule has 0 aliphatic rings. The van der Waals surface area contributed by atoms with Crippen molar-refractivity contribution < 1.29 is 4.79 Å². The van der Waals surface area contributed by atoms with Gasteiger partial charge in [0.2, 0.25) is 0 Å². The van der Waals surface area contributed by atoms with Crippen molar-refractivity contribution in [3.8, 4) is 0 Å². The quantitative estimate of drug-likeness (QED) is 0.885. The summed E-state index contributed by atoms with van der Waals surface area (Å²) < 4.78 is 0.919. The number of ketones is 1. The van der Waals surface area contributed by atoms with E-state index < -0.39 is 0 Å². The summed E-state index contributed by atoms with van der Waals surface area (Å²) in [4.78, 5) is 16.0. The van der Waals surface area contributed by atoms with Gasteiger partial charge in [0.15, 0.2) is 5.78 Å². The number of hydrogen-bond donors (Lipinski definition) is 1. The first-order chi connectivity index (χ1) is 8.18. The van der Waals surface area contributed by atoms with Crippen LogP contribution in [0.3, 0.4) is 0 Å². The van der Waals surface area contributed by atoms with E-state index in [1.165, 1.54) is 0 Å². The standard InChI is InChI=1S/C13H11BrN2O/c14-10-5-2-1-4-9(10)8-12(17)13-11(15)6-3-7-16-13/h1-7H,8,15H2. The van der Waals surface area contributed by atoms with Crippen LogP contribution in [0.5, 0.6) is 0 Å². The van der Waals surface area contributed by atoms with Crippen molar-refractivity contribution in [2.75, 3.05) is 5.73 Å². The third-order valence-electron chi connectivity index (χ3n) is 2.41. The minimum Gasteiger partial charge on any atom is -0.397 e. The maximum atomic E-state index is 12.0. The van der Waals surface area contributed by atoms with Gasteiger partial charge in [0, 0.05) is 17.1 Å². The fraction of sp³-hybridized carbons (Fsp3) is 0.0769. The lowest BCUT2D eigenvalue weighted by Crippen LogP contribution is -2.09. The number of carbonyl (C=O) groups is 1. The van der Waals surface area contributed by atoms with E-state index in [-0.39, 0.29) is 5.78 Å². The minimum absolute atomic E-state index is 0.0741. The molecule has 3 nitrogen and oxygen atoms in total. The normalized spacial score (nSPS) is 10.2. The second-order valence-electron chi connectivity index (χ2n) is 3.63. The van der Waals surface area contributed by atoms with Crippen molar-refractivity contribution in [2.45, 2.75) is 6.42 Å². The Morgan fingerprint density at radius 3 is 2.71 bits per heavy atom. The number of carbonyl (C=O) groups excluding carboxylic acids is 1. The molecule has 0 saturated carbocycles. The number of aromatic nitrogens is 1. The fourth-order valence-electron chi connectivity index (χ4n) is 1.55. The van der Waals surface area contributed by atoms with Crippen LogP contribution in [0, 0.1) is 0 Å². The SMILES string of the molecule is Nc1cccnc1C(=O)Cc1ccccc1Br. The Bertz CT molecular complexity index is 555. The predicted molar refractivity (Wildman–Crippen MR) is 70.8 cm³/mol. The van der Waals surface area contributed by atoms with Crippen LogP contribution < -0.4 is 5.73 Å². The van der Waals surface area contributed by atoms with E-state index in [4.69, 9.17) is 5.73 Å². The zero-order chi connectivity index (χ0) is 12.3. The topological polar surface area (TPSA) is 56.0 Å². The highest BCUT2D eigenvalue weighted by Crippen LogP contribution is 2.19. The zero-order valence-corrected chi connectivity index (χ0v) is 10.6. The minimum atomic E-state index is -0.0741. The van der Waals surface area contributed by atoms with Crippen molar-refractivity contribution in [3.05, 3.63) is 58.3 Å². The summed E-state index contributed by atoms with van der Waals surface area (Å²) in [5.74, 6) is -0.0741. The molecule has 2 aromatic rings. The summed E-state index contributed by atoms with van der Waals surface area (Å²) >= 11 is 3.41. The van der Waals surface area contributed by atoms with Gasteiger partial charge < -0.3 is 5.73 Å². The van der Waals surface area contributed by atoms with Crippen molar-refractivity contribution in [2.24, 2.45) is 0 Å². The maximum absolute atomic E-state index is 12.0. The lowest BCUT2D eigenvalue weighted by atomic mass is 10.1. The van der Waals surface area contributed by atoms with Crippen LogP contribution in [-0.2, 0) is 6.42 Å². The molecule has 86 valence electrons. The summed E-state index contributed by atoms with van der Waals surface area (Å²) in [5.41, 5.74) is 7.41. The van der Waals surface area contributed by atoms with Crippen LogP contribution >= 0.6 is 15.9 Å². The molecule has 1 aromatic carbocycles. The first-order valence-corrected chi connectivity index (χ1v) is 5.95. The van der Waals surface area contributed by atoms with Gasteiger partial charge in [0.25, 0.3) is 0 Å². The summed E-state index contributed by atoms with van der Waals surface area (Å²) in [6.07, 6.45) is 1.87. The van der Waals surface area contributed by atoms with E-state index in [1.54, 1.807) is 18.3 Å². The van der Waals surface area contributed by atoms with E-state index in [2.05, 4.69) is 20.9 Å². The van der Waals surface area contributed by atoms with Gasteiger partial charge in [-0.3, -0.25) is 9.78 Å². The average molecular weight is 291 g/mol. The third kappa shape index (κ3) is 2.71. The van der Waals surface area contributed by atoms with Crippen LogP contribution in [0.2, 0.25) is 0 Å². The molecule has 2 N–H and O–H groups in total. The molecule has 4 heteroatoms. The number of anilines is 1. The maximum Gasteiger partial charge on any atom is 0.187 e. The Labute approximate surface area is 108 Å². The number of Topliss-reactive ketones (excluding diaryl/α,β-unsaturated/α-hetero) is 1. The number of halogens is 1. The van der Waals surface area contributed by atoms with E-state index in [0.29, 0.717) is 17.8 Å². The highest BCUT2D eigenvalue weighted by molar-refractivity contribution is 9.10. The van der Waals surface area contributed by atoms with Gasteiger partial charge in [-0.1, -0.05) is 34.1 Å². The van der Waals surface area contributed by atoms with Crippen LogP contribution in [0.15, 0.2) is 47.1 Å². The van der Waals surface area contributed by atoms with Crippen LogP contribution in [0.25, 0.3) is 0 Å². The van der Waals surface area contributed by atoms with Crippen LogP contribution in [0.4, 0.5) is 5.69 Å². The molecule has 0 unspecified atom stereocenters. The van der Waals surface area contributed by atoms with Crippen molar-refractivity contribution in [3.63, 3.8) is 0 Å². The summed E-state index contributed by atoms with van der Waals surface area (Å²) in [6.45, 7) is 0. The first kappa shape index (κ1) is 11.8. The Kier molecular flexibility index (Phi) is 3.54. The monoisotopic (exact) mass is 290 g/mol.